The molecule has 15 heavy (non-hydrogen) atoms. The van der Waals surface area contributed by atoms with Crippen molar-refractivity contribution < 1.29 is 0 Å². The molecule has 2 heteroatoms. The maximum Gasteiger partial charge on any atom is 0.0536 e. The van der Waals surface area contributed by atoms with Crippen LogP contribution in [0.3, 0.4) is 0 Å². The average Bonchev–Trinajstić information content (AvgIpc) is 2.25. The van der Waals surface area contributed by atoms with Crippen molar-refractivity contribution in [1.82, 2.24) is 4.98 Å². The Morgan fingerprint density at radius 1 is 1.13 bits per heavy atom. The number of aromatic nitrogens is 1. The van der Waals surface area contributed by atoms with Crippen LogP contribution >= 0.6 is 0 Å². The lowest BCUT2D eigenvalue weighted by atomic mass is 10.0. The van der Waals surface area contributed by atoms with Crippen LogP contribution in [0.1, 0.15) is 16.7 Å². The van der Waals surface area contributed by atoms with E-state index in [9.17, 15) is 0 Å². The van der Waals surface area contributed by atoms with Crippen molar-refractivity contribution in [3.63, 3.8) is 0 Å². The summed E-state index contributed by atoms with van der Waals surface area (Å²) in [5.41, 5.74) is 10.3. The highest BCUT2D eigenvalue weighted by molar-refractivity contribution is 5.46. The van der Waals surface area contributed by atoms with Gasteiger partial charge in [0.2, 0.25) is 0 Å². The Bertz CT molecular complexity index is 446. The molecule has 76 valence electrons. The van der Waals surface area contributed by atoms with Gasteiger partial charge in [-0.05, 0) is 30.5 Å². The number of anilines is 1. The van der Waals surface area contributed by atoms with E-state index >= 15 is 0 Å². The Kier molecular flexibility index (Phi) is 2.68. The van der Waals surface area contributed by atoms with E-state index in [4.69, 9.17) is 5.73 Å². The molecular weight excluding hydrogens is 184 g/mol. The number of nitrogens with zero attached hydrogens (tertiary/aromatic N) is 1. The Morgan fingerprint density at radius 2 is 1.87 bits per heavy atom. The molecule has 2 aromatic rings. The summed E-state index contributed by atoms with van der Waals surface area (Å²) in [5, 5.41) is 0. The molecule has 0 fully saturated rings. The zero-order valence-corrected chi connectivity index (χ0v) is 8.77. The van der Waals surface area contributed by atoms with Crippen LogP contribution in [0.25, 0.3) is 0 Å². The van der Waals surface area contributed by atoms with Crippen LogP contribution in [-0.2, 0) is 6.42 Å². The third-order valence-corrected chi connectivity index (χ3v) is 2.46. The summed E-state index contributed by atoms with van der Waals surface area (Å²) in [6, 6.07) is 10.5. The van der Waals surface area contributed by atoms with Crippen molar-refractivity contribution in [2.75, 3.05) is 5.73 Å². The summed E-state index contributed by atoms with van der Waals surface area (Å²) < 4.78 is 0. The lowest BCUT2D eigenvalue weighted by molar-refractivity contribution is 1.16. The molecule has 0 unspecified atom stereocenters. The van der Waals surface area contributed by atoms with Crippen molar-refractivity contribution >= 4 is 5.69 Å². The van der Waals surface area contributed by atoms with Gasteiger partial charge < -0.3 is 5.73 Å². The number of nitrogen functional groups attached to an aromatic ring is 1. The standard InChI is InChI=1S/C13H14N2/c1-10-2-4-11(5-3-10)8-12-6-7-15-9-13(12)14/h2-7,9H,8,14H2,1H3. The van der Waals surface area contributed by atoms with Gasteiger partial charge in [-0.25, -0.2) is 0 Å². The fourth-order valence-electron chi connectivity index (χ4n) is 1.52. The second-order valence-electron chi connectivity index (χ2n) is 3.74. The van der Waals surface area contributed by atoms with E-state index < -0.39 is 0 Å². The van der Waals surface area contributed by atoms with Crippen LogP contribution in [0.15, 0.2) is 42.7 Å². The number of nitrogens with two attached hydrogens (primary N) is 1. The highest BCUT2D eigenvalue weighted by Gasteiger charge is 1.99. The van der Waals surface area contributed by atoms with Crippen LogP contribution in [0.4, 0.5) is 5.69 Å². The Balaban J connectivity index is 2.22. The molecule has 1 heterocycles. The van der Waals surface area contributed by atoms with Gasteiger partial charge in [0.25, 0.3) is 0 Å². The van der Waals surface area contributed by atoms with E-state index in [-0.39, 0.29) is 0 Å². The summed E-state index contributed by atoms with van der Waals surface area (Å²) in [4.78, 5) is 3.98. The molecule has 2 rings (SSSR count). The molecule has 0 amide bonds. The van der Waals surface area contributed by atoms with Gasteiger partial charge in [0, 0.05) is 6.20 Å². The van der Waals surface area contributed by atoms with Gasteiger partial charge >= 0.3 is 0 Å². The Labute approximate surface area is 89.8 Å². The monoisotopic (exact) mass is 198 g/mol. The summed E-state index contributed by atoms with van der Waals surface area (Å²) in [5.74, 6) is 0. The van der Waals surface area contributed by atoms with E-state index in [1.165, 1.54) is 11.1 Å². The molecule has 2 nitrogen and oxygen atoms in total. The molecule has 0 aliphatic heterocycles. The Morgan fingerprint density at radius 3 is 2.53 bits per heavy atom. The number of hydrogen-bond acceptors (Lipinski definition) is 2. The summed E-state index contributed by atoms with van der Waals surface area (Å²) >= 11 is 0. The van der Waals surface area contributed by atoms with Crippen molar-refractivity contribution in [3.05, 3.63) is 59.4 Å². The molecule has 0 radical (unpaired) electrons. The number of benzene rings is 1. The minimum Gasteiger partial charge on any atom is -0.397 e. The molecule has 1 aromatic heterocycles. The second-order valence-corrected chi connectivity index (χ2v) is 3.74. The average molecular weight is 198 g/mol. The van der Waals surface area contributed by atoms with Crippen LogP contribution in [-0.4, -0.2) is 4.98 Å². The van der Waals surface area contributed by atoms with Gasteiger partial charge in [0.15, 0.2) is 0 Å². The third kappa shape index (κ3) is 2.34. The van der Waals surface area contributed by atoms with Gasteiger partial charge in [-0.15, -0.1) is 0 Å². The molecule has 0 saturated heterocycles. The predicted octanol–water partition coefficient (Wildman–Crippen LogP) is 2.56. The highest BCUT2D eigenvalue weighted by Crippen LogP contribution is 2.15. The third-order valence-electron chi connectivity index (χ3n) is 2.46. The minimum atomic E-state index is 0.762. The number of pyridine rings is 1. The molecule has 0 saturated carbocycles. The van der Waals surface area contributed by atoms with E-state index in [0.29, 0.717) is 0 Å². The smallest absolute Gasteiger partial charge is 0.0536 e. The van der Waals surface area contributed by atoms with Crippen LogP contribution in [0.5, 0.6) is 0 Å². The minimum absolute atomic E-state index is 0.762. The lowest BCUT2D eigenvalue weighted by Gasteiger charge is -2.05. The first-order chi connectivity index (χ1) is 7.25. The van der Waals surface area contributed by atoms with Crippen molar-refractivity contribution in [3.8, 4) is 0 Å². The normalized spacial score (nSPS) is 10.2. The van der Waals surface area contributed by atoms with E-state index in [2.05, 4.69) is 36.2 Å². The van der Waals surface area contributed by atoms with E-state index in [0.717, 1.165) is 17.7 Å². The molecule has 0 aliphatic rings. The molecule has 2 N–H and O–H groups in total. The van der Waals surface area contributed by atoms with Crippen LogP contribution in [0, 0.1) is 6.92 Å². The van der Waals surface area contributed by atoms with E-state index in [1.54, 1.807) is 12.4 Å². The van der Waals surface area contributed by atoms with Crippen LogP contribution in [0.2, 0.25) is 0 Å². The first-order valence-corrected chi connectivity index (χ1v) is 4.99. The number of aryl methyl sites for hydroxylation is 1. The SMILES string of the molecule is Cc1ccc(Cc2ccncc2N)cc1. The summed E-state index contributed by atoms with van der Waals surface area (Å²) in [7, 11) is 0. The predicted molar refractivity (Wildman–Crippen MR) is 62.6 cm³/mol. The molecule has 0 aliphatic carbocycles. The topological polar surface area (TPSA) is 38.9 Å². The fraction of sp³-hybridized carbons (Fsp3) is 0.154. The zero-order valence-electron chi connectivity index (χ0n) is 8.77. The summed E-state index contributed by atoms with van der Waals surface area (Å²) in [6.45, 7) is 2.09. The molecular formula is C13H14N2. The maximum atomic E-state index is 5.84. The van der Waals surface area contributed by atoms with Gasteiger partial charge in [0.1, 0.15) is 0 Å². The largest absolute Gasteiger partial charge is 0.397 e. The van der Waals surface area contributed by atoms with Gasteiger partial charge in [-0.3, -0.25) is 4.98 Å². The fourth-order valence-corrected chi connectivity index (χ4v) is 1.52. The van der Waals surface area contributed by atoms with Crippen LogP contribution < -0.4 is 5.73 Å². The molecule has 0 atom stereocenters. The van der Waals surface area contributed by atoms with Gasteiger partial charge in [-0.1, -0.05) is 29.8 Å². The maximum absolute atomic E-state index is 5.84. The number of hydrogen-bond donors (Lipinski definition) is 1. The van der Waals surface area contributed by atoms with Crippen molar-refractivity contribution in [2.45, 2.75) is 13.3 Å². The van der Waals surface area contributed by atoms with Crippen molar-refractivity contribution in [2.24, 2.45) is 0 Å². The first-order valence-electron chi connectivity index (χ1n) is 4.99. The molecule has 1 aromatic carbocycles. The molecule has 0 bridgehead atoms. The molecule has 0 spiro atoms. The van der Waals surface area contributed by atoms with Gasteiger partial charge in [-0.2, -0.15) is 0 Å². The van der Waals surface area contributed by atoms with Crippen molar-refractivity contribution in [1.29, 1.82) is 0 Å². The first kappa shape index (κ1) is 9.71. The van der Waals surface area contributed by atoms with Gasteiger partial charge in [0.05, 0.1) is 11.9 Å². The Hall–Kier alpha value is -1.83. The van der Waals surface area contributed by atoms with E-state index in [1.807, 2.05) is 6.07 Å². The number of rotatable bonds is 2. The highest BCUT2D eigenvalue weighted by atomic mass is 14.7. The summed E-state index contributed by atoms with van der Waals surface area (Å²) in [6.07, 6.45) is 4.35. The quantitative estimate of drug-likeness (QED) is 0.805. The second kappa shape index (κ2) is 4.13. The lowest BCUT2D eigenvalue weighted by Crippen LogP contribution is -1.96. The zero-order chi connectivity index (χ0) is 10.7.